The van der Waals surface area contributed by atoms with Gasteiger partial charge in [-0.25, -0.2) is 0 Å². The molecule has 0 atom stereocenters. The molecule has 23 heavy (non-hydrogen) atoms. The summed E-state index contributed by atoms with van der Waals surface area (Å²) < 4.78 is 125. The van der Waals surface area contributed by atoms with Crippen molar-refractivity contribution in [1.82, 2.24) is 4.98 Å². The van der Waals surface area contributed by atoms with Crippen molar-refractivity contribution in [2.45, 2.75) is 44.0 Å². The molecule has 1 heterocycles. The van der Waals surface area contributed by atoms with Crippen LogP contribution in [0.5, 0.6) is 0 Å². The molecule has 0 saturated heterocycles. The van der Waals surface area contributed by atoms with Crippen LogP contribution in [0.1, 0.15) is 16.8 Å². The largest absolute Gasteiger partial charge is 0.453 e. The molecule has 1 nitrogen and oxygen atoms in total. The van der Waals surface area contributed by atoms with E-state index in [1.54, 1.807) is 0 Å². The zero-order valence-electron chi connectivity index (χ0n) is 11.3. The second-order valence-corrected chi connectivity index (χ2v) is 4.79. The standard InChI is InChI=1S/C12H9F10N/c1-6-8(5-10(15,16)12(20,21)22)7(2-3-23-6)4-9(13,14)11(17,18)19/h2-3H,4-5H2,1H3. The first kappa shape index (κ1) is 19.5. The molecule has 0 N–H and O–H groups in total. The third-order valence-electron chi connectivity index (χ3n) is 3.01. The van der Waals surface area contributed by atoms with Crippen molar-refractivity contribution in [3.63, 3.8) is 0 Å². The van der Waals surface area contributed by atoms with Crippen LogP contribution in [0.2, 0.25) is 0 Å². The summed E-state index contributed by atoms with van der Waals surface area (Å²) in [5.41, 5.74) is -2.44. The van der Waals surface area contributed by atoms with Crippen LogP contribution < -0.4 is 0 Å². The summed E-state index contributed by atoms with van der Waals surface area (Å²) >= 11 is 0. The molecule has 0 saturated carbocycles. The minimum atomic E-state index is -5.97. The van der Waals surface area contributed by atoms with Crippen LogP contribution in [0, 0.1) is 6.92 Å². The molecule has 0 aliphatic carbocycles. The Kier molecular flexibility index (Phi) is 4.94. The van der Waals surface area contributed by atoms with E-state index in [1.807, 2.05) is 0 Å². The number of hydrogen-bond donors (Lipinski definition) is 0. The smallest absolute Gasteiger partial charge is 0.261 e. The highest BCUT2D eigenvalue weighted by atomic mass is 19.4. The molecule has 1 rings (SSSR count). The lowest BCUT2D eigenvalue weighted by Gasteiger charge is -2.24. The van der Waals surface area contributed by atoms with Crippen LogP contribution >= 0.6 is 0 Å². The number of pyridine rings is 1. The Bertz CT molecular complexity index is 558. The monoisotopic (exact) mass is 357 g/mol. The fourth-order valence-electron chi connectivity index (χ4n) is 1.72. The van der Waals surface area contributed by atoms with Gasteiger partial charge in [0.25, 0.3) is 0 Å². The Morgan fingerprint density at radius 2 is 1.22 bits per heavy atom. The van der Waals surface area contributed by atoms with Gasteiger partial charge >= 0.3 is 24.2 Å². The molecule has 0 aliphatic rings. The SMILES string of the molecule is Cc1nccc(CC(F)(F)C(F)(F)F)c1CC(F)(F)C(F)(F)F. The molecule has 0 amide bonds. The Balaban J connectivity index is 3.26. The highest BCUT2D eigenvalue weighted by Crippen LogP contribution is 2.41. The number of nitrogens with zero attached hydrogens (tertiary/aromatic N) is 1. The Morgan fingerprint density at radius 3 is 1.65 bits per heavy atom. The third-order valence-corrected chi connectivity index (χ3v) is 3.01. The average molecular weight is 357 g/mol. The predicted molar refractivity (Wildman–Crippen MR) is 58.4 cm³/mol. The minimum Gasteiger partial charge on any atom is -0.261 e. The minimum absolute atomic E-state index is 0.482. The van der Waals surface area contributed by atoms with Crippen molar-refractivity contribution in [2.75, 3.05) is 0 Å². The lowest BCUT2D eigenvalue weighted by atomic mass is 9.95. The van der Waals surface area contributed by atoms with E-state index in [0.29, 0.717) is 6.07 Å². The van der Waals surface area contributed by atoms with E-state index in [1.165, 1.54) is 0 Å². The molecule has 11 heteroatoms. The van der Waals surface area contributed by atoms with Crippen LogP contribution in [0.25, 0.3) is 0 Å². The second kappa shape index (κ2) is 5.82. The van der Waals surface area contributed by atoms with Crippen LogP contribution in [-0.4, -0.2) is 29.2 Å². The van der Waals surface area contributed by atoms with E-state index in [2.05, 4.69) is 4.98 Å². The fourth-order valence-corrected chi connectivity index (χ4v) is 1.72. The van der Waals surface area contributed by atoms with Gasteiger partial charge in [0.15, 0.2) is 0 Å². The molecule has 0 aromatic carbocycles. The van der Waals surface area contributed by atoms with Gasteiger partial charge < -0.3 is 0 Å². The van der Waals surface area contributed by atoms with Crippen molar-refractivity contribution in [2.24, 2.45) is 0 Å². The first-order valence-corrected chi connectivity index (χ1v) is 5.91. The van der Waals surface area contributed by atoms with E-state index in [0.717, 1.165) is 13.1 Å². The van der Waals surface area contributed by atoms with Gasteiger partial charge in [-0.3, -0.25) is 4.98 Å². The number of aryl methyl sites for hydroxylation is 1. The number of halogens is 10. The molecular formula is C12H9F10N. The summed E-state index contributed by atoms with van der Waals surface area (Å²) in [7, 11) is 0. The molecule has 0 aliphatic heterocycles. The quantitative estimate of drug-likeness (QED) is 0.701. The summed E-state index contributed by atoms with van der Waals surface area (Å²) in [6.45, 7) is 0.941. The lowest BCUT2D eigenvalue weighted by molar-refractivity contribution is -0.283. The maximum absolute atomic E-state index is 13.1. The van der Waals surface area contributed by atoms with Crippen molar-refractivity contribution >= 4 is 0 Å². The van der Waals surface area contributed by atoms with Crippen LogP contribution in [-0.2, 0) is 12.8 Å². The molecule has 0 unspecified atom stereocenters. The van der Waals surface area contributed by atoms with E-state index < -0.39 is 53.9 Å². The summed E-state index contributed by atoms with van der Waals surface area (Å²) in [6.07, 6.45) is -15.3. The summed E-state index contributed by atoms with van der Waals surface area (Å²) in [5, 5.41) is 0. The zero-order chi connectivity index (χ0) is 18.3. The fraction of sp³-hybridized carbons (Fsp3) is 0.583. The van der Waals surface area contributed by atoms with E-state index in [4.69, 9.17) is 0 Å². The van der Waals surface area contributed by atoms with E-state index in [-0.39, 0.29) is 0 Å². The van der Waals surface area contributed by atoms with Crippen molar-refractivity contribution in [3.05, 3.63) is 29.1 Å². The van der Waals surface area contributed by atoms with Gasteiger partial charge in [-0.2, -0.15) is 43.9 Å². The topological polar surface area (TPSA) is 12.9 Å². The molecular weight excluding hydrogens is 348 g/mol. The number of aromatic nitrogens is 1. The van der Waals surface area contributed by atoms with Crippen molar-refractivity contribution in [3.8, 4) is 0 Å². The highest BCUT2D eigenvalue weighted by Gasteiger charge is 2.59. The van der Waals surface area contributed by atoms with Crippen LogP contribution in [0.3, 0.4) is 0 Å². The first-order valence-electron chi connectivity index (χ1n) is 5.91. The number of rotatable bonds is 4. The van der Waals surface area contributed by atoms with Gasteiger partial charge in [0.05, 0.1) is 0 Å². The lowest BCUT2D eigenvalue weighted by Crippen LogP contribution is -2.40. The first-order chi connectivity index (χ1) is 10.1. The Morgan fingerprint density at radius 1 is 0.783 bits per heavy atom. The highest BCUT2D eigenvalue weighted by molar-refractivity contribution is 5.32. The van der Waals surface area contributed by atoms with Crippen molar-refractivity contribution in [1.29, 1.82) is 0 Å². The maximum Gasteiger partial charge on any atom is 0.453 e. The van der Waals surface area contributed by atoms with Gasteiger partial charge in [0.1, 0.15) is 0 Å². The normalized spacial score (nSPS) is 14.2. The maximum atomic E-state index is 13.1. The van der Waals surface area contributed by atoms with Crippen LogP contribution in [0.15, 0.2) is 12.3 Å². The average Bonchev–Trinajstić information content (AvgIpc) is 2.30. The Labute approximate surface area is 123 Å². The number of alkyl halides is 10. The summed E-state index contributed by atoms with van der Waals surface area (Å²) in [6, 6.07) is 0.564. The second-order valence-electron chi connectivity index (χ2n) is 4.79. The summed E-state index contributed by atoms with van der Waals surface area (Å²) in [5.74, 6) is -10.6. The molecule has 1 aromatic rings. The summed E-state index contributed by atoms with van der Waals surface area (Å²) in [4.78, 5) is 3.37. The van der Waals surface area contributed by atoms with Gasteiger partial charge in [-0.15, -0.1) is 0 Å². The van der Waals surface area contributed by atoms with Gasteiger partial charge in [0, 0.05) is 24.7 Å². The molecule has 0 radical (unpaired) electrons. The zero-order valence-corrected chi connectivity index (χ0v) is 11.3. The van der Waals surface area contributed by atoms with Crippen LogP contribution in [0.4, 0.5) is 43.9 Å². The van der Waals surface area contributed by atoms with Gasteiger partial charge in [-0.1, -0.05) is 0 Å². The Hall–Kier alpha value is -1.55. The number of hydrogen-bond acceptors (Lipinski definition) is 1. The molecule has 0 spiro atoms. The molecule has 132 valence electrons. The molecule has 0 fully saturated rings. The van der Waals surface area contributed by atoms with Gasteiger partial charge in [0.2, 0.25) is 0 Å². The predicted octanol–water partition coefficient (Wildman–Crippen LogP) is 4.87. The molecule has 0 bridgehead atoms. The van der Waals surface area contributed by atoms with E-state index >= 15 is 0 Å². The van der Waals surface area contributed by atoms with Crippen molar-refractivity contribution < 1.29 is 43.9 Å². The third kappa shape index (κ3) is 4.25. The van der Waals surface area contributed by atoms with E-state index in [9.17, 15) is 43.9 Å². The van der Waals surface area contributed by atoms with Gasteiger partial charge in [-0.05, 0) is 24.1 Å². The molecule has 1 aromatic heterocycles.